The lowest BCUT2D eigenvalue weighted by Crippen LogP contribution is -1.96. The summed E-state index contributed by atoms with van der Waals surface area (Å²) in [5, 5.41) is 21.1. The summed E-state index contributed by atoms with van der Waals surface area (Å²) in [6, 6.07) is 18.6. The molecule has 5 nitrogen and oxygen atoms in total. The Morgan fingerprint density at radius 3 is 2.15 bits per heavy atom. The maximum atomic E-state index is 9.05. The minimum Gasteiger partial charge on any atom is -0.457 e. The molecular formula is C21H16N4O. The molecule has 5 heteroatoms. The fourth-order valence-corrected chi connectivity index (χ4v) is 2.61. The van der Waals surface area contributed by atoms with Gasteiger partial charge < -0.3 is 10.1 Å². The van der Waals surface area contributed by atoms with Gasteiger partial charge in [-0.2, -0.15) is 10.5 Å². The van der Waals surface area contributed by atoms with Gasteiger partial charge in [-0.1, -0.05) is 0 Å². The number of rotatable bonds is 4. The number of aromatic nitrogens is 1. The number of pyridine rings is 1. The molecule has 0 fully saturated rings. The maximum absolute atomic E-state index is 9.05. The van der Waals surface area contributed by atoms with Crippen LogP contribution >= 0.6 is 0 Å². The highest BCUT2D eigenvalue weighted by Crippen LogP contribution is 2.30. The van der Waals surface area contributed by atoms with Gasteiger partial charge in [-0.15, -0.1) is 0 Å². The quantitative estimate of drug-likeness (QED) is 0.724. The summed E-state index contributed by atoms with van der Waals surface area (Å²) in [5.74, 6) is 2.02. The smallest absolute Gasteiger partial charge is 0.134 e. The van der Waals surface area contributed by atoms with Crippen molar-refractivity contribution in [2.24, 2.45) is 0 Å². The number of benzene rings is 2. The summed E-state index contributed by atoms with van der Waals surface area (Å²) < 4.78 is 6.02. The van der Waals surface area contributed by atoms with E-state index in [2.05, 4.69) is 22.4 Å². The summed E-state index contributed by atoms with van der Waals surface area (Å²) in [6.45, 7) is 3.83. The average molecular weight is 340 g/mol. The molecule has 0 aliphatic heterocycles. The molecule has 2 aromatic carbocycles. The monoisotopic (exact) mass is 340 g/mol. The average Bonchev–Trinajstić information content (AvgIpc) is 2.65. The van der Waals surface area contributed by atoms with E-state index in [-0.39, 0.29) is 0 Å². The molecule has 26 heavy (non-hydrogen) atoms. The summed E-state index contributed by atoms with van der Waals surface area (Å²) in [4.78, 5) is 4.29. The Morgan fingerprint density at radius 1 is 0.885 bits per heavy atom. The standard InChI is InChI=1S/C21H16N4O/c1-14-9-17(13-23)10-15(2)21(14)26-19-7-8-24-20(11-19)25-18-5-3-16(12-22)4-6-18/h3-11H,1-2H3,(H,24,25). The third-order valence-corrected chi connectivity index (χ3v) is 3.83. The Morgan fingerprint density at radius 2 is 1.54 bits per heavy atom. The number of aryl methyl sites for hydroxylation is 2. The molecule has 3 aromatic rings. The van der Waals surface area contributed by atoms with Crippen LogP contribution in [0, 0.1) is 36.5 Å². The molecule has 0 atom stereocenters. The van der Waals surface area contributed by atoms with Crippen LogP contribution in [-0.4, -0.2) is 4.98 Å². The van der Waals surface area contributed by atoms with E-state index < -0.39 is 0 Å². The Labute approximate surface area is 152 Å². The van der Waals surface area contributed by atoms with Crippen molar-refractivity contribution in [3.63, 3.8) is 0 Å². The molecule has 0 radical (unpaired) electrons. The van der Waals surface area contributed by atoms with Crippen LogP contribution in [-0.2, 0) is 0 Å². The molecular weight excluding hydrogens is 324 g/mol. The van der Waals surface area contributed by atoms with Crippen LogP contribution in [0.3, 0.4) is 0 Å². The van der Waals surface area contributed by atoms with E-state index in [1.165, 1.54) is 0 Å². The Kier molecular flexibility index (Phi) is 4.83. The fraction of sp³-hybridized carbons (Fsp3) is 0.0952. The molecule has 126 valence electrons. The highest BCUT2D eigenvalue weighted by atomic mass is 16.5. The molecule has 0 saturated carbocycles. The fourth-order valence-electron chi connectivity index (χ4n) is 2.61. The van der Waals surface area contributed by atoms with Gasteiger partial charge >= 0.3 is 0 Å². The molecule has 3 rings (SSSR count). The third kappa shape index (κ3) is 3.80. The number of hydrogen-bond donors (Lipinski definition) is 1. The van der Waals surface area contributed by atoms with Crippen molar-refractivity contribution in [2.45, 2.75) is 13.8 Å². The maximum Gasteiger partial charge on any atom is 0.134 e. The molecule has 0 unspecified atom stereocenters. The molecule has 0 saturated heterocycles. The van der Waals surface area contributed by atoms with Gasteiger partial charge in [0.15, 0.2) is 0 Å². The number of anilines is 2. The first-order valence-electron chi connectivity index (χ1n) is 8.01. The molecule has 1 aromatic heterocycles. The van der Waals surface area contributed by atoms with Gasteiger partial charge in [-0.3, -0.25) is 0 Å². The molecule has 0 amide bonds. The second kappa shape index (κ2) is 7.38. The van der Waals surface area contributed by atoms with Gasteiger partial charge in [0.1, 0.15) is 17.3 Å². The van der Waals surface area contributed by atoms with E-state index in [4.69, 9.17) is 15.3 Å². The minimum atomic E-state index is 0.604. The van der Waals surface area contributed by atoms with Crippen molar-refractivity contribution >= 4 is 11.5 Å². The largest absolute Gasteiger partial charge is 0.457 e. The zero-order valence-corrected chi connectivity index (χ0v) is 14.4. The van der Waals surface area contributed by atoms with E-state index in [0.717, 1.165) is 22.6 Å². The summed E-state index contributed by atoms with van der Waals surface area (Å²) >= 11 is 0. The predicted octanol–water partition coefficient (Wildman–Crippen LogP) is 4.98. The van der Waals surface area contributed by atoms with Crippen molar-refractivity contribution in [3.05, 3.63) is 77.0 Å². The Bertz CT molecular complexity index is 1000. The first-order valence-corrected chi connectivity index (χ1v) is 8.01. The highest BCUT2D eigenvalue weighted by Gasteiger charge is 2.09. The molecule has 1 N–H and O–H groups in total. The third-order valence-electron chi connectivity index (χ3n) is 3.83. The Hall–Kier alpha value is -3.83. The zero-order chi connectivity index (χ0) is 18.5. The topological polar surface area (TPSA) is 81.7 Å². The first-order chi connectivity index (χ1) is 12.6. The van der Waals surface area contributed by atoms with Crippen LogP contribution in [0.1, 0.15) is 22.3 Å². The lowest BCUT2D eigenvalue weighted by molar-refractivity contribution is 0.474. The summed E-state index contributed by atoms with van der Waals surface area (Å²) in [7, 11) is 0. The van der Waals surface area contributed by atoms with Crippen LogP contribution in [0.5, 0.6) is 11.5 Å². The minimum absolute atomic E-state index is 0.604. The van der Waals surface area contributed by atoms with Crippen molar-refractivity contribution < 1.29 is 4.74 Å². The molecule has 1 heterocycles. The van der Waals surface area contributed by atoms with E-state index in [0.29, 0.717) is 22.7 Å². The zero-order valence-electron chi connectivity index (χ0n) is 14.4. The molecule has 0 spiro atoms. The van der Waals surface area contributed by atoms with E-state index in [1.54, 1.807) is 42.6 Å². The first kappa shape index (κ1) is 17.0. The van der Waals surface area contributed by atoms with Gasteiger partial charge in [-0.05, 0) is 67.4 Å². The number of nitriles is 2. The van der Waals surface area contributed by atoms with Crippen molar-refractivity contribution in [3.8, 4) is 23.6 Å². The lowest BCUT2D eigenvalue weighted by Gasteiger charge is -2.13. The number of ether oxygens (including phenoxy) is 1. The highest BCUT2D eigenvalue weighted by molar-refractivity contribution is 5.59. The van der Waals surface area contributed by atoms with Crippen molar-refractivity contribution in [1.82, 2.24) is 4.98 Å². The van der Waals surface area contributed by atoms with Gasteiger partial charge in [0.25, 0.3) is 0 Å². The van der Waals surface area contributed by atoms with Crippen LogP contribution in [0.15, 0.2) is 54.7 Å². The number of hydrogen-bond acceptors (Lipinski definition) is 5. The van der Waals surface area contributed by atoms with Crippen LogP contribution in [0.2, 0.25) is 0 Å². The summed E-state index contributed by atoms with van der Waals surface area (Å²) in [5.41, 5.74) is 3.86. The van der Waals surface area contributed by atoms with E-state index in [9.17, 15) is 0 Å². The molecule has 0 aliphatic carbocycles. The SMILES string of the molecule is Cc1cc(C#N)cc(C)c1Oc1ccnc(Nc2ccc(C#N)cc2)c1. The van der Waals surface area contributed by atoms with Crippen molar-refractivity contribution in [2.75, 3.05) is 5.32 Å². The van der Waals surface area contributed by atoms with Crippen LogP contribution < -0.4 is 10.1 Å². The van der Waals surface area contributed by atoms with Crippen LogP contribution in [0.25, 0.3) is 0 Å². The number of nitrogens with zero attached hydrogens (tertiary/aromatic N) is 3. The van der Waals surface area contributed by atoms with E-state index >= 15 is 0 Å². The Balaban J connectivity index is 1.82. The normalized spacial score (nSPS) is 9.85. The van der Waals surface area contributed by atoms with Gasteiger partial charge in [0.2, 0.25) is 0 Å². The second-order valence-corrected chi connectivity index (χ2v) is 5.84. The molecule has 0 aliphatic rings. The van der Waals surface area contributed by atoms with E-state index in [1.807, 2.05) is 26.0 Å². The van der Waals surface area contributed by atoms with Crippen molar-refractivity contribution in [1.29, 1.82) is 10.5 Å². The van der Waals surface area contributed by atoms with Gasteiger partial charge in [-0.25, -0.2) is 4.98 Å². The van der Waals surface area contributed by atoms with Gasteiger partial charge in [0, 0.05) is 18.0 Å². The number of nitrogens with one attached hydrogen (secondary N) is 1. The van der Waals surface area contributed by atoms with Gasteiger partial charge in [0.05, 0.1) is 23.3 Å². The lowest BCUT2D eigenvalue weighted by atomic mass is 10.1. The summed E-state index contributed by atoms with van der Waals surface area (Å²) in [6.07, 6.45) is 1.66. The van der Waals surface area contributed by atoms with Crippen LogP contribution in [0.4, 0.5) is 11.5 Å². The predicted molar refractivity (Wildman–Crippen MR) is 99.4 cm³/mol. The molecule has 0 bridgehead atoms. The second-order valence-electron chi connectivity index (χ2n) is 5.84.